The van der Waals surface area contributed by atoms with E-state index in [-0.39, 0.29) is 24.8 Å². The molecule has 1 amide bonds. The SMILES string of the molecule is C[C@@H]1Cc2ccccc2N1C(=O)CC(C)(C)CC(=O)O. The second-order valence-electron chi connectivity index (χ2n) is 6.36. The molecule has 0 unspecified atom stereocenters. The van der Waals surface area contributed by atoms with Crippen molar-refractivity contribution >= 4 is 17.6 Å². The molecule has 0 radical (unpaired) electrons. The fourth-order valence-corrected chi connectivity index (χ4v) is 2.91. The number of amides is 1. The minimum absolute atomic E-state index is 0.00259. The second kappa shape index (κ2) is 5.27. The van der Waals surface area contributed by atoms with Gasteiger partial charge in [-0.25, -0.2) is 0 Å². The Morgan fingerprint density at radius 3 is 2.60 bits per heavy atom. The van der Waals surface area contributed by atoms with Crippen LogP contribution in [0.25, 0.3) is 0 Å². The molecule has 4 nitrogen and oxygen atoms in total. The van der Waals surface area contributed by atoms with E-state index >= 15 is 0 Å². The highest BCUT2D eigenvalue weighted by molar-refractivity contribution is 5.96. The predicted octanol–water partition coefficient (Wildman–Crippen LogP) is 2.86. The number of carboxylic acids is 1. The number of carbonyl (C=O) groups is 2. The molecule has 108 valence electrons. The van der Waals surface area contributed by atoms with Gasteiger partial charge in [0.25, 0.3) is 0 Å². The fraction of sp³-hybridized carbons (Fsp3) is 0.500. The van der Waals surface area contributed by atoms with Crippen LogP contribution in [0.2, 0.25) is 0 Å². The first-order valence-corrected chi connectivity index (χ1v) is 6.92. The van der Waals surface area contributed by atoms with Crippen molar-refractivity contribution in [3.63, 3.8) is 0 Å². The van der Waals surface area contributed by atoms with Crippen molar-refractivity contribution in [1.82, 2.24) is 0 Å². The van der Waals surface area contributed by atoms with Gasteiger partial charge in [0, 0.05) is 18.2 Å². The summed E-state index contributed by atoms with van der Waals surface area (Å²) >= 11 is 0. The van der Waals surface area contributed by atoms with Gasteiger partial charge >= 0.3 is 5.97 Å². The lowest BCUT2D eigenvalue weighted by Crippen LogP contribution is -2.38. The van der Waals surface area contributed by atoms with Crippen LogP contribution in [0.3, 0.4) is 0 Å². The van der Waals surface area contributed by atoms with Gasteiger partial charge in [-0.1, -0.05) is 32.0 Å². The summed E-state index contributed by atoms with van der Waals surface area (Å²) in [6, 6.07) is 8.05. The quantitative estimate of drug-likeness (QED) is 0.919. The van der Waals surface area contributed by atoms with Gasteiger partial charge in [-0.05, 0) is 30.4 Å². The largest absolute Gasteiger partial charge is 0.481 e. The van der Waals surface area contributed by atoms with Gasteiger partial charge in [-0.3, -0.25) is 9.59 Å². The molecule has 1 heterocycles. The van der Waals surface area contributed by atoms with Crippen LogP contribution in [0.15, 0.2) is 24.3 Å². The fourth-order valence-electron chi connectivity index (χ4n) is 2.91. The second-order valence-corrected chi connectivity index (χ2v) is 6.36. The molecule has 1 atom stereocenters. The van der Waals surface area contributed by atoms with E-state index in [1.165, 1.54) is 5.56 Å². The van der Waals surface area contributed by atoms with Gasteiger partial charge < -0.3 is 10.0 Å². The van der Waals surface area contributed by atoms with Gasteiger partial charge in [-0.15, -0.1) is 0 Å². The third-order valence-electron chi connectivity index (χ3n) is 3.74. The van der Waals surface area contributed by atoms with Crippen LogP contribution in [0.1, 0.15) is 39.2 Å². The van der Waals surface area contributed by atoms with E-state index < -0.39 is 11.4 Å². The Bertz CT molecular complexity index is 536. The zero-order valence-electron chi connectivity index (χ0n) is 12.2. The van der Waals surface area contributed by atoms with E-state index in [0.717, 1.165) is 12.1 Å². The summed E-state index contributed by atoms with van der Waals surface area (Å²) in [5.41, 5.74) is 1.63. The Balaban J connectivity index is 2.16. The van der Waals surface area contributed by atoms with Crippen molar-refractivity contribution in [2.24, 2.45) is 5.41 Å². The highest BCUT2D eigenvalue weighted by Crippen LogP contribution is 2.35. The standard InChI is InChI=1S/C16H21NO3/c1-11-8-12-6-4-5-7-13(12)17(11)14(18)9-16(2,3)10-15(19)20/h4-7,11H,8-10H2,1-3H3,(H,19,20)/t11-/m1/s1. The van der Waals surface area contributed by atoms with Gasteiger partial charge in [0.15, 0.2) is 0 Å². The van der Waals surface area contributed by atoms with Gasteiger partial charge in [-0.2, -0.15) is 0 Å². The minimum atomic E-state index is -0.863. The summed E-state index contributed by atoms with van der Waals surface area (Å²) in [6.07, 6.45) is 1.11. The predicted molar refractivity (Wildman–Crippen MR) is 77.7 cm³/mol. The van der Waals surface area contributed by atoms with Crippen LogP contribution in [0, 0.1) is 5.41 Å². The van der Waals surface area contributed by atoms with Crippen LogP contribution < -0.4 is 4.90 Å². The Hall–Kier alpha value is -1.84. The number of carboxylic acid groups (broad SMARTS) is 1. The summed E-state index contributed by atoms with van der Waals surface area (Å²) in [6.45, 7) is 5.68. The van der Waals surface area contributed by atoms with Crippen molar-refractivity contribution in [2.75, 3.05) is 4.90 Å². The Morgan fingerprint density at radius 1 is 1.30 bits per heavy atom. The molecule has 1 aromatic carbocycles. The number of fused-ring (bicyclic) bond motifs is 1. The third kappa shape index (κ3) is 3.00. The summed E-state index contributed by atoms with van der Waals surface area (Å²) in [5.74, 6) is -0.855. The lowest BCUT2D eigenvalue weighted by atomic mass is 9.85. The topological polar surface area (TPSA) is 57.6 Å². The first-order chi connectivity index (χ1) is 9.30. The molecule has 1 N–H and O–H groups in total. The molecule has 4 heteroatoms. The van der Waals surface area contributed by atoms with E-state index in [9.17, 15) is 9.59 Å². The van der Waals surface area contributed by atoms with E-state index in [1.54, 1.807) is 0 Å². The lowest BCUT2D eigenvalue weighted by molar-refractivity contribution is -0.139. The van der Waals surface area contributed by atoms with Gasteiger partial charge in [0.2, 0.25) is 5.91 Å². The molecule has 0 aromatic heterocycles. The molecular formula is C16H21NO3. The normalized spacial score (nSPS) is 17.9. The smallest absolute Gasteiger partial charge is 0.303 e. The van der Waals surface area contributed by atoms with Crippen molar-refractivity contribution in [3.8, 4) is 0 Å². The molecule has 0 saturated heterocycles. The van der Waals surface area contributed by atoms with Crippen molar-refractivity contribution < 1.29 is 14.7 Å². The average molecular weight is 275 g/mol. The highest BCUT2D eigenvalue weighted by atomic mass is 16.4. The number of benzene rings is 1. The molecule has 0 saturated carbocycles. The van der Waals surface area contributed by atoms with Crippen LogP contribution in [-0.2, 0) is 16.0 Å². The number of hydrogen-bond donors (Lipinski definition) is 1. The number of carbonyl (C=O) groups excluding carboxylic acids is 1. The summed E-state index contributed by atoms with van der Waals surface area (Å²) in [7, 11) is 0. The van der Waals surface area contributed by atoms with Crippen molar-refractivity contribution in [2.45, 2.75) is 46.1 Å². The monoisotopic (exact) mass is 275 g/mol. The van der Waals surface area contributed by atoms with E-state index in [1.807, 2.05) is 49.9 Å². The van der Waals surface area contributed by atoms with Crippen molar-refractivity contribution in [1.29, 1.82) is 0 Å². The Labute approximate surface area is 119 Å². The van der Waals surface area contributed by atoms with Crippen LogP contribution >= 0.6 is 0 Å². The van der Waals surface area contributed by atoms with E-state index in [0.29, 0.717) is 0 Å². The molecule has 1 aliphatic rings. The Morgan fingerprint density at radius 2 is 1.95 bits per heavy atom. The molecule has 0 spiro atoms. The van der Waals surface area contributed by atoms with E-state index in [2.05, 4.69) is 0 Å². The van der Waals surface area contributed by atoms with Gasteiger partial charge in [0.05, 0.1) is 6.42 Å². The van der Waals surface area contributed by atoms with Crippen molar-refractivity contribution in [3.05, 3.63) is 29.8 Å². The maximum atomic E-state index is 12.5. The first kappa shape index (κ1) is 14.6. The minimum Gasteiger partial charge on any atom is -0.481 e. The number of nitrogens with zero attached hydrogens (tertiary/aromatic N) is 1. The number of anilines is 1. The van der Waals surface area contributed by atoms with Crippen LogP contribution in [0.5, 0.6) is 0 Å². The molecule has 0 aliphatic carbocycles. The summed E-state index contributed by atoms with van der Waals surface area (Å²) in [5, 5.41) is 8.91. The van der Waals surface area contributed by atoms with Gasteiger partial charge in [0.1, 0.15) is 0 Å². The average Bonchev–Trinajstić information content (AvgIpc) is 2.61. The van der Waals surface area contributed by atoms with Crippen LogP contribution in [0.4, 0.5) is 5.69 Å². The van der Waals surface area contributed by atoms with Crippen LogP contribution in [-0.4, -0.2) is 23.0 Å². The lowest BCUT2D eigenvalue weighted by Gasteiger charge is -2.28. The maximum Gasteiger partial charge on any atom is 0.303 e. The molecular weight excluding hydrogens is 254 g/mol. The first-order valence-electron chi connectivity index (χ1n) is 6.92. The molecule has 0 fully saturated rings. The number of hydrogen-bond acceptors (Lipinski definition) is 2. The molecule has 0 bridgehead atoms. The number of rotatable bonds is 4. The molecule has 2 rings (SSSR count). The third-order valence-corrected chi connectivity index (χ3v) is 3.74. The highest BCUT2D eigenvalue weighted by Gasteiger charge is 2.34. The zero-order chi connectivity index (χ0) is 14.9. The number of para-hydroxylation sites is 1. The summed E-state index contributed by atoms with van der Waals surface area (Å²) in [4.78, 5) is 25.2. The summed E-state index contributed by atoms with van der Waals surface area (Å²) < 4.78 is 0. The number of aliphatic carboxylic acids is 1. The Kier molecular flexibility index (Phi) is 3.84. The maximum absolute atomic E-state index is 12.5. The van der Waals surface area contributed by atoms with E-state index in [4.69, 9.17) is 5.11 Å². The molecule has 20 heavy (non-hydrogen) atoms. The molecule has 1 aliphatic heterocycles. The molecule has 1 aromatic rings. The zero-order valence-corrected chi connectivity index (χ0v) is 12.2.